The summed E-state index contributed by atoms with van der Waals surface area (Å²) in [5.74, 6) is -0.0264. The molecular weight excluding hydrogens is 194 g/mol. The summed E-state index contributed by atoms with van der Waals surface area (Å²) in [5.41, 5.74) is 5.93. The normalized spacial score (nSPS) is 12.2. The Labute approximate surface area is 88.5 Å². The molecule has 1 heterocycles. The molecule has 0 aliphatic heterocycles. The SMILES string of the molecule is CC(O)CN(C)C(=O)c1cccnc1N. The number of hydrogen-bond acceptors (Lipinski definition) is 4. The summed E-state index contributed by atoms with van der Waals surface area (Å²) in [7, 11) is 1.61. The van der Waals surface area contributed by atoms with Crippen LogP contribution < -0.4 is 5.73 Å². The fourth-order valence-electron chi connectivity index (χ4n) is 1.28. The van der Waals surface area contributed by atoms with Crippen LogP contribution in [0.15, 0.2) is 18.3 Å². The quantitative estimate of drug-likeness (QED) is 0.740. The van der Waals surface area contributed by atoms with Crippen LogP contribution in [-0.2, 0) is 0 Å². The van der Waals surface area contributed by atoms with Gasteiger partial charge in [-0.2, -0.15) is 0 Å². The zero-order chi connectivity index (χ0) is 11.4. The minimum atomic E-state index is -0.558. The largest absolute Gasteiger partial charge is 0.392 e. The molecule has 0 radical (unpaired) electrons. The third-order valence-corrected chi connectivity index (χ3v) is 1.95. The van der Waals surface area contributed by atoms with Crippen molar-refractivity contribution in [2.45, 2.75) is 13.0 Å². The van der Waals surface area contributed by atoms with Crippen molar-refractivity contribution in [2.75, 3.05) is 19.3 Å². The lowest BCUT2D eigenvalue weighted by Gasteiger charge is -2.19. The van der Waals surface area contributed by atoms with Crippen LogP contribution in [0.25, 0.3) is 0 Å². The monoisotopic (exact) mass is 209 g/mol. The summed E-state index contributed by atoms with van der Waals surface area (Å²) < 4.78 is 0. The van der Waals surface area contributed by atoms with E-state index in [2.05, 4.69) is 4.98 Å². The summed E-state index contributed by atoms with van der Waals surface area (Å²) in [6, 6.07) is 3.27. The number of nitrogens with two attached hydrogens (primary N) is 1. The lowest BCUT2D eigenvalue weighted by molar-refractivity contribution is 0.0704. The highest BCUT2D eigenvalue weighted by Crippen LogP contribution is 2.09. The summed E-state index contributed by atoms with van der Waals surface area (Å²) >= 11 is 0. The van der Waals surface area contributed by atoms with E-state index in [1.807, 2.05) is 0 Å². The lowest BCUT2D eigenvalue weighted by atomic mass is 10.2. The third-order valence-electron chi connectivity index (χ3n) is 1.95. The van der Waals surface area contributed by atoms with Gasteiger partial charge in [-0.1, -0.05) is 0 Å². The molecule has 0 fully saturated rings. The number of amides is 1. The topological polar surface area (TPSA) is 79.5 Å². The van der Waals surface area contributed by atoms with Crippen LogP contribution in [0.4, 0.5) is 5.82 Å². The standard InChI is InChI=1S/C10H15N3O2/c1-7(14)6-13(2)10(15)8-4-3-5-12-9(8)11/h3-5,7,14H,6H2,1-2H3,(H2,11,12). The van der Waals surface area contributed by atoms with Gasteiger partial charge in [-0.15, -0.1) is 0 Å². The molecule has 0 saturated carbocycles. The van der Waals surface area contributed by atoms with Gasteiger partial charge in [0.1, 0.15) is 5.82 Å². The van der Waals surface area contributed by atoms with Crippen molar-refractivity contribution >= 4 is 11.7 Å². The number of aliphatic hydroxyl groups is 1. The number of pyridine rings is 1. The molecule has 3 N–H and O–H groups in total. The molecule has 0 spiro atoms. The number of aromatic nitrogens is 1. The van der Waals surface area contributed by atoms with E-state index < -0.39 is 6.10 Å². The molecule has 0 saturated heterocycles. The van der Waals surface area contributed by atoms with Gasteiger partial charge in [0.05, 0.1) is 11.7 Å². The van der Waals surface area contributed by atoms with E-state index in [1.54, 1.807) is 26.1 Å². The highest BCUT2D eigenvalue weighted by molar-refractivity contribution is 5.98. The van der Waals surface area contributed by atoms with Crippen LogP contribution >= 0.6 is 0 Å². The maximum Gasteiger partial charge on any atom is 0.257 e. The van der Waals surface area contributed by atoms with Crippen molar-refractivity contribution in [3.05, 3.63) is 23.9 Å². The number of nitrogen functional groups attached to an aromatic ring is 1. The van der Waals surface area contributed by atoms with Crippen LogP contribution in [0, 0.1) is 0 Å². The predicted molar refractivity (Wildman–Crippen MR) is 57.3 cm³/mol. The number of nitrogens with zero attached hydrogens (tertiary/aromatic N) is 2. The highest BCUT2D eigenvalue weighted by Gasteiger charge is 2.15. The zero-order valence-electron chi connectivity index (χ0n) is 8.84. The Hall–Kier alpha value is -1.62. The summed E-state index contributed by atoms with van der Waals surface area (Å²) in [5, 5.41) is 9.15. The van der Waals surface area contributed by atoms with Gasteiger partial charge in [0.2, 0.25) is 0 Å². The van der Waals surface area contributed by atoms with Crippen LogP contribution in [0.2, 0.25) is 0 Å². The van der Waals surface area contributed by atoms with Crippen molar-refractivity contribution in [1.29, 1.82) is 0 Å². The third kappa shape index (κ3) is 2.92. The first-order valence-corrected chi connectivity index (χ1v) is 4.66. The van der Waals surface area contributed by atoms with E-state index in [0.29, 0.717) is 5.56 Å². The van der Waals surface area contributed by atoms with Crippen molar-refractivity contribution < 1.29 is 9.90 Å². The lowest BCUT2D eigenvalue weighted by Crippen LogP contribution is -2.33. The number of aliphatic hydroxyl groups excluding tert-OH is 1. The molecule has 15 heavy (non-hydrogen) atoms. The maximum absolute atomic E-state index is 11.8. The van der Waals surface area contributed by atoms with Gasteiger partial charge in [0, 0.05) is 19.8 Å². The van der Waals surface area contributed by atoms with Gasteiger partial charge in [-0.3, -0.25) is 4.79 Å². The first-order valence-electron chi connectivity index (χ1n) is 4.66. The number of likely N-dealkylation sites (N-methyl/N-ethyl adjacent to an activating group) is 1. The molecule has 1 amide bonds. The molecule has 1 atom stereocenters. The molecule has 5 heteroatoms. The van der Waals surface area contributed by atoms with Gasteiger partial charge in [-0.25, -0.2) is 4.98 Å². The van der Waals surface area contributed by atoms with Crippen molar-refractivity contribution in [1.82, 2.24) is 9.88 Å². The summed E-state index contributed by atoms with van der Waals surface area (Å²) in [4.78, 5) is 17.0. The Morgan fingerprint density at radius 2 is 2.40 bits per heavy atom. The molecule has 1 aromatic rings. The van der Waals surface area contributed by atoms with E-state index in [0.717, 1.165) is 0 Å². The molecule has 0 bridgehead atoms. The second-order valence-corrected chi connectivity index (χ2v) is 3.47. The molecule has 0 aromatic carbocycles. The minimum absolute atomic E-state index is 0.208. The van der Waals surface area contributed by atoms with E-state index >= 15 is 0 Å². The molecular formula is C10H15N3O2. The van der Waals surface area contributed by atoms with Crippen molar-refractivity contribution in [3.8, 4) is 0 Å². The number of carbonyl (C=O) groups excluding carboxylic acids is 1. The zero-order valence-corrected chi connectivity index (χ0v) is 8.84. The van der Waals surface area contributed by atoms with Crippen molar-refractivity contribution in [2.24, 2.45) is 0 Å². The average molecular weight is 209 g/mol. The molecule has 0 aliphatic rings. The molecule has 1 unspecified atom stereocenters. The number of anilines is 1. The van der Waals surface area contributed by atoms with E-state index in [4.69, 9.17) is 10.8 Å². The Morgan fingerprint density at radius 3 is 2.93 bits per heavy atom. The van der Waals surface area contributed by atoms with Gasteiger partial charge in [0.25, 0.3) is 5.91 Å². The van der Waals surface area contributed by atoms with E-state index in [1.165, 1.54) is 11.1 Å². The molecule has 1 rings (SSSR count). The second kappa shape index (κ2) is 4.75. The Bertz CT molecular complexity index is 352. The van der Waals surface area contributed by atoms with Crippen LogP contribution in [0.1, 0.15) is 17.3 Å². The molecule has 1 aromatic heterocycles. The van der Waals surface area contributed by atoms with E-state index in [-0.39, 0.29) is 18.3 Å². The van der Waals surface area contributed by atoms with Gasteiger partial charge in [-0.05, 0) is 19.1 Å². The first kappa shape index (κ1) is 11.5. The Kier molecular flexibility index (Phi) is 3.62. The molecule has 82 valence electrons. The first-order chi connectivity index (χ1) is 7.02. The van der Waals surface area contributed by atoms with Crippen molar-refractivity contribution in [3.63, 3.8) is 0 Å². The number of carbonyl (C=O) groups is 1. The Balaban J connectivity index is 2.81. The maximum atomic E-state index is 11.8. The van der Waals surface area contributed by atoms with E-state index in [9.17, 15) is 4.79 Å². The predicted octanol–water partition coefficient (Wildman–Crippen LogP) is 0.117. The van der Waals surface area contributed by atoms with Gasteiger partial charge >= 0.3 is 0 Å². The average Bonchev–Trinajstić information content (AvgIpc) is 2.16. The highest BCUT2D eigenvalue weighted by atomic mass is 16.3. The van der Waals surface area contributed by atoms with Gasteiger partial charge in [0.15, 0.2) is 0 Å². The van der Waals surface area contributed by atoms with Gasteiger partial charge < -0.3 is 15.7 Å². The second-order valence-electron chi connectivity index (χ2n) is 3.47. The fraction of sp³-hybridized carbons (Fsp3) is 0.400. The summed E-state index contributed by atoms with van der Waals surface area (Å²) in [6.07, 6.45) is 0.970. The fourth-order valence-corrected chi connectivity index (χ4v) is 1.28. The molecule has 0 aliphatic carbocycles. The van der Waals surface area contributed by atoms with Crippen LogP contribution in [0.5, 0.6) is 0 Å². The molecule has 5 nitrogen and oxygen atoms in total. The van der Waals surface area contributed by atoms with Crippen LogP contribution in [-0.4, -0.2) is 40.6 Å². The smallest absolute Gasteiger partial charge is 0.257 e. The number of hydrogen-bond donors (Lipinski definition) is 2. The minimum Gasteiger partial charge on any atom is -0.392 e. The number of rotatable bonds is 3. The summed E-state index contributed by atoms with van der Waals surface area (Å²) in [6.45, 7) is 1.89. The Morgan fingerprint density at radius 1 is 1.73 bits per heavy atom. The van der Waals surface area contributed by atoms with Crippen LogP contribution in [0.3, 0.4) is 0 Å².